The molecule has 1 fully saturated rings. The molecule has 0 bridgehead atoms. The van der Waals surface area contributed by atoms with Gasteiger partial charge in [-0.1, -0.05) is 91.2 Å². The van der Waals surface area contributed by atoms with Crippen molar-refractivity contribution in [2.75, 3.05) is 10.8 Å². The van der Waals surface area contributed by atoms with Gasteiger partial charge in [-0.25, -0.2) is 12.8 Å². The summed E-state index contributed by atoms with van der Waals surface area (Å²) < 4.78 is 85.4. The van der Waals surface area contributed by atoms with Crippen LogP contribution in [0.25, 0.3) is 0 Å². The van der Waals surface area contributed by atoms with Crippen LogP contribution >= 0.6 is 11.6 Å². The third kappa shape index (κ3) is 8.79. The number of amides is 2. The van der Waals surface area contributed by atoms with Crippen LogP contribution in [-0.2, 0) is 38.8 Å². The predicted molar refractivity (Wildman–Crippen MR) is 179 cm³/mol. The van der Waals surface area contributed by atoms with Crippen LogP contribution in [0.15, 0.2) is 108 Å². The van der Waals surface area contributed by atoms with Crippen molar-refractivity contribution in [2.45, 2.75) is 61.8 Å². The minimum atomic E-state index is -4.86. The van der Waals surface area contributed by atoms with Gasteiger partial charge in [0.2, 0.25) is 11.8 Å². The molecular weight excluding hydrogens is 682 g/mol. The first-order chi connectivity index (χ1) is 23.3. The lowest BCUT2D eigenvalue weighted by Gasteiger charge is -2.34. The standard InChI is InChI=1S/C36H34ClF4N3O4S/c37-30-20-19-27(36(39,40)41)22-32(30)44(49(47,48)29-16-5-2-6-17-29)24-34(45)43(23-26-13-7-10-18-31(26)38)33(21-25-11-3-1-4-12-25)35(46)42-28-14-8-9-15-28/h1-7,10-13,16-20,22,28,33H,8-9,14-15,21,23-24H2,(H,42,46). The van der Waals surface area contributed by atoms with Gasteiger partial charge in [0.25, 0.3) is 10.0 Å². The van der Waals surface area contributed by atoms with Gasteiger partial charge in [0.15, 0.2) is 0 Å². The molecule has 4 aromatic rings. The Balaban J connectivity index is 1.62. The van der Waals surface area contributed by atoms with E-state index in [1.54, 1.807) is 42.5 Å². The molecule has 4 aromatic carbocycles. The molecule has 13 heteroatoms. The van der Waals surface area contributed by atoms with Gasteiger partial charge in [0.05, 0.1) is 21.2 Å². The Labute approximate surface area is 287 Å². The fourth-order valence-electron chi connectivity index (χ4n) is 5.84. The van der Waals surface area contributed by atoms with E-state index in [-0.39, 0.29) is 27.9 Å². The van der Waals surface area contributed by atoms with Gasteiger partial charge in [0, 0.05) is 24.6 Å². The molecule has 0 heterocycles. The normalized spacial score (nSPS) is 14.3. The van der Waals surface area contributed by atoms with Crippen LogP contribution in [0.2, 0.25) is 5.02 Å². The average molecular weight is 716 g/mol. The Bertz CT molecular complexity index is 1870. The minimum absolute atomic E-state index is 0.00463. The van der Waals surface area contributed by atoms with Gasteiger partial charge in [-0.2, -0.15) is 13.2 Å². The highest BCUT2D eigenvalue weighted by Crippen LogP contribution is 2.37. The number of carbonyl (C=O) groups is 2. The molecule has 49 heavy (non-hydrogen) atoms. The number of anilines is 1. The smallest absolute Gasteiger partial charge is 0.352 e. The van der Waals surface area contributed by atoms with E-state index in [0.717, 1.165) is 36.6 Å². The van der Waals surface area contributed by atoms with E-state index in [1.807, 2.05) is 0 Å². The van der Waals surface area contributed by atoms with Gasteiger partial charge < -0.3 is 10.2 Å². The second-order valence-electron chi connectivity index (χ2n) is 11.8. The highest BCUT2D eigenvalue weighted by Gasteiger charge is 2.38. The summed E-state index contributed by atoms with van der Waals surface area (Å²) in [5.41, 5.74) is -1.05. The quantitative estimate of drug-likeness (QED) is 0.155. The number of rotatable bonds is 12. The van der Waals surface area contributed by atoms with Crippen LogP contribution in [0.3, 0.4) is 0 Å². The highest BCUT2D eigenvalue weighted by atomic mass is 35.5. The maximum atomic E-state index is 15.1. The molecule has 1 unspecified atom stereocenters. The zero-order chi connectivity index (χ0) is 35.2. The summed E-state index contributed by atoms with van der Waals surface area (Å²) in [6.07, 6.45) is -1.56. The second-order valence-corrected chi connectivity index (χ2v) is 14.1. The molecule has 1 aliphatic carbocycles. The number of sulfonamides is 1. The molecule has 2 amide bonds. The van der Waals surface area contributed by atoms with E-state index in [0.29, 0.717) is 22.0 Å². The SMILES string of the molecule is O=C(NC1CCCC1)C(Cc1ccccc1)N(Cc1ccccc1F)C(=O)CN(c1cc(C(F)(F)F)ccc1Cl)S(=O)(=O)c1ccccc1. The molecule has 1 atom stereocenters. The van der Waals surface area contributed by atoms with E-state index in [9.17, 15) is 31.2 Å². The van der Waals surface area contributed by atoms with E-state index >= 15 is 4.39 Å². The van der Waals surface area contributed by atoms with Gasteiger partial charge in [-0.15, -0.1) is 0 Å². The Morgan fingerprint density at radius 2 is 1.49 bits per heavy atom. The number of hydrogen-bond acceptors (Lipinski definition) is 4. The van der Waals surface area contributed by atoms with E-state index < -0.39 is 64.2 Å². The highest BCUT2D eigenvalue weighted by molar-refractivity contribution is 7.92. The Hall–Kier alpha value is -4.42. The lowest BCUT2D eigenvalue weighted by molar-refractivity contribution is -0.140. The fourth-order valence-corrected chi connectivity index (χ4v) is 7.56. The molecule has 0 saturated heterocycles. The van der Waals surface area contributed by atoms with Crippen molar-refractivity contribution in [1.82, 2.24) is 10.2 Å². The third-order valence-corrected chi connectivity index (χ3v) is 10.5. The van der Waals surface area contributed by atoms with Gasteiger partial charge in [0.1, 0.15) is 18.4 Å². The summed E-state index contributed by atoms with van der Waals surface area (Å²) in [4.78, 5) is 29.3. The summed E-state index contributed by atoms with van der Waals surface area (Å²) in [6.45, 7) is -1.48. The molecule has 258 valence electrons. The number of nitrogens with zero attached hydrogens (tertiary/aromatic N) is 2. The van der Waals surface area contributed by atoms with Crippen LogP contribution in [0, 0.1) is 5.82 Å². The lowest BCUT2D eigenvalue weighted by atomic mass is 10.0. The number of halogens is 5. The fraction of sp³-hybridized carbons (Fsp3) is 0.278. The zero-order valence-corrected chi connectivity index (χ0v) is 27.8. The van der Waals surface area contributed by atoms with Crippen LogP contribution in [0.1, 0.15) is 42.4 Å². The largest absolute Gasteiger partial charge is 0.416 e. The molecule has 0 radical (unpaired) electrons. The summed E-state index contributed by atoms with van der Waals surface area (Å²) in [5, 5.41) is 2.64. The number of hydrogen-bond donors (Lipinski definition) is 1. The Kier molecular flexibility index (Phi) is 11.3. The monoisotopic (exact) mass is 715 g/mol. The van der Waals surface area contributed by atoms with Crippen molar-refractivity contribution < 1.29 is 35.6 Å². The van der Waals surface area contributed by atoms with Crippen molar-refractivity contribution >= 4 is 39.1 Å². The molecule has 0 spiro atoms. The number of alkyl halides is 3. The number of nitrogens with one attached hydrogen (secondary N) is 1. The third-order valence-electron chi connectivity index (χ3n) is 8.42. The Morgan fingerprint density at radius 1 is 0.878 bits per heavy atom. The van der Waals surface area contributed by atoms with Gasteiger partial charge in [-0.3, -0.25) is 13.9 Å². The van der Waals surface area contributed by atoms with Gasteiger partial charge >= 0.3 is 6.18 Å². The maximum absolute atomic E-state index is 15.1. The van der Waals surface area contributed by atoms with Crippen molar-refractivity contribution in [3.8, 4) is 0 Å². The molecule has 0 aromatic heterocycles. The first kappa shape index (κ1) is 35.9. The first-order valence-corrected chi connectivity index (χ1v) is 17.5. The number of benzene rings is 4. The zero-order valence-electron chi connectivity index (χ0n) is 26.2. The minimum Gasteiger partial charge on any atom is -0.352 e. The maximum Gasteiger partial charge on any atom is 0.416 e. The second kappa shape index (κ2) is 15.4. The van der Waals surface area contributed by atoms with E-state index in [4.69, 9.17) is 11.6 Å². The molecule has 5 rings (SSSR count). The Morgan fingerprint density at radius 3 is 2.12 bits per heavy atom. The van der Waals surface area contributed by atoms with Crippen molar-refractivity contribution in [1.29, 1.82) is 0 Å². The van der Waals surface area contributed by atoms with Crippen LogP contribution < -0.4 is 9.62 Å². The molecule has 0 aliphatic heterocycles. The van der Waals surface area contributed by atoms with E-state index in [1.165, 1.54) is 42.5 Å². The molecule has 7 nitrogen and oxygen atoms in total. The molecule has 1 aliphatic rings. The summed E-state index contributed by atoms with van der Waals surface area (Å²) in [7, 11) is -4.71. The molecule has 1 saturated carbocycles. The molecular formula is C36H34ClF4N3O4S. The summed E-state index contributed by atoms with van der Waals surface area (Å²) >= 11 is 6.35. The van der Waals surface area contributed by atoms with Crippen LogP contribution in [-0.4, -0.2) is 43.8 Å². The summed E-state index contributed by atoms with van der Waals surface area (Å²) in [5.74, 6) is -2.14. The van der Waals surface area contributed by atoms with Crippen molar-refractivity contribution in [3.63, 3.8) is 0 Å². The van der Waals surface area contributed by atoms with E-state index in [2.05, 4.69) is 5.32 Å². The summed E-state index contributed by atoms with van der Waals surface area (Å²) in [6, 6.07) is 22.1. The lowest BCUT2D eigenvalue weighted by Crippen LogP contribution is -2.54. The average Bonchev–Trinajstić information content (AvgIpc) is 3.59. The van der Waals surface area contributed by atoms with Crippen molar-refractivity contribution in [3.05, 3.63) is 131 Å². The predicted octanol–water partition coefficient (Wildman–Crippen LogP) is 7.39. The molecule has 1 N–H and O–H groups in total. The van der Waals surface area contributed by atoms with Crippen LogP contribution in [0.4, 0.5) is 23.2 Å². The first-order valence-electron chi connectivity index (χ1n) is 15.7. The van der Waals surface area contributed by atoms with Crippen molar-refractivity contribution in [2.24, 2.45) is 0 Å². The topological polar surface area (TPSA) is 86.8 Å². The van der Waals surface area contributed by atoms with Crippen LogP contribution in [0.5, 0.6) is 0 Å². The van der Waals surface area contributed by atoms with Gasteiger partial charge in [-0.05, 0) is 54.8 Å². The number of carbonyl (C=O) groups excluding carboxylic acids is 2.